The van der Waals surface area contributed by atoms with Crippen LogP contribution in [-0.4, -0.2) is 22.8 Å². The monoisotopic (exact) mass is 402 g/mol. The first-order valence-corrected chi connectivity index (χ1v) is 9.37. The van der Waals surface area contributed by atoms with Gasteiger partial charge in [-0.1, -0.05) is 35.3 Å². The van der Waals surface area contributed by atoms with E-state index in [-0.39, 0.29) is 29.1 Å². The molecular weight excluding hydrogens is 383 g/mol. The number of halogens is 2. The van der Waals surface area contributed by atoms with E-state index in [2.05, 4.69) is 5.32 Å². The summed E-state index contributed by atoms with van der Waals surface area (Å²) < 4.78 is 0. The fourth-order valence-corrected chi connectivity index (χ4v) is 3.77. The maximum Gasteiger partial charge on any atom is 0.278 e. The molecule has 0 aliphatic carbocycles. The predicted octanol–water partition coefficient (Wildman–Crippen LogP) is 5.21. The van der Waals surface area contributed by atoms with Gasteiger partial charge in [-0.05, 0) is 63.1 Å². The summed E-state index contributed by atoms with van der Waals surface area (Å²) in [5.41, 5.74) is 3.83. The van der Waals surface area contributed by atoms with Crippen LogP contribution in [0.25, 0.3) is 5.57 Å². The summed E-state index contributed by atoms with van der Waals surface area (Å²) in [4.78, 5) is 27.3. The van der Waals surface area contributed by atoms with Crippen LogP contribution in [0.4, 0.5) is 5.69 Å². The molecule has 140 valence electrons. The molecule has 1 aliphatic rings. The second-order valence-corrected chi connectivity index (χ2v) is 7.79. The average molecular weight is 403 g/mol. The molecule has 0 fully saturated rings. The number of hydrogen-bond acceptors (Lipinski definition) is 3. The molecule has 1 heterocycles. The molecule has 2 aromatic carbocycles. The third-order valence-electron chi connectivity index (χ3n) is 4.32. The lowest BCUT2D eigenvalue weighted by Gasteiger charge is -2.19. The average Bonchev–Trinajstić information content (AvgIpc) is 2.77. The van der Waals surface area contributed by atoms with Crippen molar-refractivity contribution >= 4 is 46.3 Å². The summed E-state index contributed by atoms with van der Waals surface area (Å²) in [6, 6.07) is 10.5. The summed E-state index contributed by atoms with van der Waals surface area (Å²) in [6.45, 7) is 7.56. The molecule has 2 amide bonds. The lowest BCUT2D eigenvalue weighted by molar-refractivity contribution is -0.138. The summed E-state index contributed by atoms with van der Waals surface area (Å²) >= 11 is 12.3. The van der Waals surface area contributed by atoms with Gasteiger partial charge in [0, 0.05) is 22.3 Å². The number of nitrogens with one attached hydrogen (secondary N) is 1. The molecule has 6 heteroatoms. The Bertz CT molecular complexity index is 960. The molecular formula is C21H20Cl2N2O2. The van der Waals surface area contributed by atoms with E-state index in [1.807, 2.05) is 32.0 Å². The first-order valence-electron chi connectivity index (χ1n) is 8.62. The molecule has 0 bridgehead atoms. The van der Waals surface area contributed by atoms with Crippen LogP contribution in [0.2, 0.25) is 10.0 Å². The minimum absolute atomic E-state index is 0.225. The van der Waals surface area contributed by atoms with Crippen LogP contribution in [0, 0.1) is 13.8 Å². The first kappa shape index (κ1) is 19.5. The molecule has 0 aromatic heterocycles. The van der Waals surface area contributed by atoms with E-state index in [4.69, 9.17) is 23.2 Å². The van der Waals surface area contributed by atoms with Crippen molar-refractivity contribution in [2.45, 2.75) is 33.7 Å². The van der Waals surface area contributed by atoms with Gasteiger partial charge in [-0.15, -0.1) is 0 Å². The zero-order valence-corrected chi connectivity index (χ0v) is 17.1. The van der Waals surface area contributed by atoms with E-state index >= 15 is 0 Å². The summed E-state index contributed by atoms with van der Waals surface area (Å²) in [6.07, 6.45) is 0. The van der Waals surface area contributed by atoms with Crippen molar-refractivity contribution in [2.75, 3.05) is 5.32 Å². The Labute approximate surface area is 168 Å². The standard InChI is InChI=1S/C21H20Cl2N2O2/c1-11(2)25-20(26)18(16-6-5-14(22)10-17(16)23)19(21(25)27)24-15-8-12(3)7-13(4)9-15/h5-11,24H,1-4H3. The van der Waals surface area contributed by atoms with Crippen molar-refractivity contribution in [3.05, 3.63) is 68.8 Å². The van der Waals surface area contributed by atoms with Crippen molar-refractivity contribution in [3.8, 4) is 0 Å². The zero-order chi connectivity index (χ0) is 19.9. The third-order valence-corrected chi connectivity index (χ3v) is 4.87. The molecule has 1 aliphatic heterocycles. The van der Waals surface area contributed by atoms with E-state index in [1.165, 1.54) is 4.90 Å². The Morgan fingerprint density at radius 2 is 1.56 bits per heavy atom. The fraction of sp³-hybridized carbons (Fsp3) is 0.238. The minimum atomic E-state index is -0.369. The zero-order valence-electron chi connectivity index (χ0n) is 15.6. The quantitative estimate of drug-likeness (QED) is 0.713. The van der Waals surface area contributed by atoms with Crippen molar-refractivity contribution in [1.29, 1.82) is 0 Å². The Morgan fingerprint density at radius 3 is 2.11 bits per heavy atom. The summed E-state index contributed by atoms with van der Waals surface area (Å²) in [5, 5.41) is 3.94. The van der Waals surface area contributed by atoms with Gasteiger partial charge in [0.2, 0.25) is 0 Å². The Morgan fingerprint density at radius 1 is 0.926 bits per heavy atom. The summed E-state index contributed by atoms with van der Waals surface area (Å²) in [5.74, 6) is -0.735. The van der Waals surface area contributed by atoms with Gasteiger partial charge < -0.3 is 5.32 Å². The molecule has 0 unspecified atom stereocenters. The number of carbonyl (C=O) groups excluding carboxylic acids is 2. The highest BCUT2D eigenvalue weighted by molar-refractivity contribution is 6.41. The van der Waals surface area contributed by atoms with Crippen molar-refractivity contribution in [3.63, 3.8) is 0 Å². The minimum Gasteiger partial charge on any atom is -0.350 e. The van der Waals surface area contributed by atoms with Gasteiger partial charge in [0.05, 0.1) is 10.6 Å². The smallest absolute Gasteiger partial charge is 0.278 e. The molecule has 3 rings (SSSR count). The van der Waals surface area contributed by atoms with Gasteiger partial charge in [0.25, 0.3) is 11.8 Å². The van der Waals surface area contributed by atoms with Crippen LogP contribution < -0.4 is 5.32 Å². The van der Waals surface area contributed by atoms with Gasteiger partial charge in [-0.25, -0.2) is 0 Å². The summed E-state index contributed by atoms with van der Waals surface area (Å²) in [7, 11) is 0. The van der Waals surface area contributed by atoms with E-state index < -0.39 is 0 Å². The number of benzene rings is 2. The molecule has 0 saturated heterocycles. The van der Waals surface area contributed by atoms with E-state index in [9.17, 15) is 9.59 Å². The van der Waals surface area contributed by atoms with Crippen LogP contribution in [0.15, 0.2) is 42.1 Å². The van der Waals surface area contributed by atoms with Crippen molar-refractivity contribution in [2.24, 2.45) is 0 Å². The number of imide groups is 1. The van der Waals surface area contributed by atoms with Crippen LogP contribution in [0.5, 0.6) is 0 Å². The maximum atomic E-state index is 13.0. The van der Waals surface area contributed by atoms with Gasteiger partial charge in [-0.2, -0.15) is 0 Å². The van der Waals surface area contributed by atoms with Crippen molar-refractivity contribution in [1.82, 2.24) is 4.90 Å². The molecule has 0 atom stereocenters. The number of carbonyl (C=O) groups is 2. The molecule has 2 aromatic rings. The van der Waals surface area contributed by atoms with Crippen molar-refractivity contribution < 1.29 is 9.59 Å². The molecule has 1 N–H and O–H groups in total. The number of hydrogen-bond donors (Lipinski definition) is 1. The second-order valence-electron chi connectivity index (χ2n) is 6.95. The number of aryl methyl sites for hydroxylation is 2. The SMILES string of the molecule is Cc1cc(C)cc(NC2=C(c3ccc(Cl)cc3Cl)C(=O)N(C(C)C)C2=O)c1. The molecule has 0 spiro atoms. The second kappa shape index (κ2) is 7.37. The van der Waals surface area contributed by atoms with Crippen LogP contribution in [-0.2, 0) is 9.59 Å². The Kier molecular flexibility index (Phi) is 5.31. The number of anilines is 1. The Hall–Kier alpha value is -2.30. The van der Waals surface area contributed by atoms with Crippen LogP contribution in [0.1, 0.15) is 30.5 Å². The number of amides is 2. The number of nitrogens with zero attached hydrogens (tertiary/aromatic N) is 1. The fourth-order valence-electron chi connectivity index (χ4n) is 3.27. The van der Waals surface area contributed by atoms with E-state index in [1.54, 1.807) is 32.0 Å². The molecule has 0 saturated carbocycles. The van der Waals surface area contributed by atoms with Crippen LogP contribution in [0.3, 0.4) is 0 Å². The third kappa shape index (κ3) is 3.73. The van der Waals surface area contributed by atoms with Gasteiger partial charge in [-0.3, -0.25) is 14.5 Å². The highest BCUT2D eigenvalue weighted by atomic mass is 35.5. The van der Waals surface area contributed by atoms with Gasteiger partial charge in [0.15, 0.2) is 0 Å². The van der Waals surface area contributed by atoms with Gasteiger partial charge >= 0.3 is 0 Å². The largest absolute Gasteiger partial charge is 0.350 e. The lowest BCUT2D eigenvalue weighted by atomic mass is 10.0. The molecule has 0 radical (unpaired) electrons. The Balaban J connectivity index is 2.17. The normalized spacial score (nSPS) is 14.6. The lowest BCUT2D eigenvalue weighted by Crippen LogP contribution is -2.38. The molecule has 4 nitrogen and oxygen atoms in total. The van der Waals surface area contributed by atoms with Crippen LogP contribution >= 0.6 is 23.2 Å². The van der Waals surface area contributed by atoms with E-state index in [0.717, 1.165) is 16.8 Å². The number of rotatable bonds is 4. The molecule has 27 heavy (non-hydrogen) atoms. The topological polar surface area (TPSA) is 49.4 Å². The predicted molar refractivity (Wildman–Crippen MR) is 110 cm³/mol. The van der Waals surface area contributed by atoms with Gasteiger partial charge in [0.1, 0.15) is 5.70 Å². The first-order chi connectivity index (χ1) is 12.7. The highest BCUT2D eigenvalue weighted by Crippen LogP contribution is 2.36. The highest BCUT2D eigenvalue weighted by Gasteiger charge is 2.41. The maximum absolute atomic E-state index is 13.0. The van der Waals surface area contributed by atoms with E-state index in [0.29, 0.717) is 15.6 Å².